The molecule has 2 rings (SSSR count). The van der Waals surface area contributed by atoms with Gasteiger partial charge in [-0.1, -0.05) is 18.2 Å². The Morgan fingerprint density at radius 2 is 1.44 bits per heavy atom. The summed E-state index contributed by atoms with van der Waals surface area (Å²) in [6.07, 6.45) is 5.42. The molecule has 0 atom stereocenters. The third-order valence-corrected chi connectivity index (χ3v) is 6.98. The van der Waals surface area contributed by atoms with Crippen molar-refractivity contribution in [2.45, 2.75) is 26.1 Å². The van der Waals surface area contributed by atoms with E-state index in [9.17, 15) is 55.0 Å². The van der Waals surface area contributed by atoms with Gasteiger partial charge in [-0.25, -0.2) is 0 Å². The maximum absolute atomic E-state index is 12.9. The number of amides is 4. The number of carbonyl (C=O) groups is 4. The zero-order valence-electron chi connectivity index (χ0n) is 21.6. The Kier molecular flexibility index (Phi) is 9.94. The van der Waals surface area contributed by atoms with Gasteiger partial charge in [0.15, 0.2) is 0 Å². The molecule has 1 aromatic rings. The molecule has 0 saturated carbocycles. The number of rotatable bonds is 11. The monoisotopic (exact) mass is 614 g/mol. The number of allylic oxidation sites excluding steroid dienone is 4. The number of aromatic nitrogens is 1. The van der Waals surface area contributed by atoms with Crippen molar-refractivity contribution in [3.8, 4) is 5.88 Å². The Bertz CT molecular complexity index is 1730. The van der Waals surface area contributed by atoms with Gasteiger partial charge < -0.3 is 16.6 Å². The highest BCUT2D eigenvalue weighted by atomic mass is 32.2. The van der Waals surface area contributed by atoms with Gasteiger partial charge in [-0.3, -0.25) is 42.5 Å². The number of likely N-dealkylation sites (N-methyl/N-ethyl adjacent to an activating group) is 1. The van der Waals surface area contributed by atoms with Gasteiger partial charge in [-0.15, -0.1) is 0 Å². The van der Waals surface area contributed by atoms with Crippen LogP contribution in [0.25, 0.3) is 6.08 Å². The molecule has 1 aliphatic rings. The number of nitrogens with two attached hydrogens (primary N) is 2. The van der Waals surface area contributed by atoms with Gasteiger partial charge >= 0.3 is 0 Å². The first kappa shape index (κ1) is 32.8. The molecule has 18 heteroatoms. The molecular weight excluding hydrogens is 588 g/mol. The van der Waals surface area contributed by atoms with E-state index in [0.717, 1.165) is 34.9 Å². The normalized spacial score (nSPS) is 16.0. The Labute approximate surface area is 233 Å². The van der Waals surface area contributed by atoms with Crippen LogP contribution in [0.15, 0.2) is 45.8 Å². The molecule has 0 fully saturated rings. The van der Waals surface area contributed by atoms with Crippen LogP contribution in [0, 0.1) is 0 Å². The molecule has 7 N–H and O–H groups in total. The van der Waals surface area contributed by atoms with Crippen LogP contribution in [-0.2, 0) is 46.9 Å². The van der Waals surface area contributed by atoms with Crippen LogP contribution in [-0.4, -0.2) is 76.4 Å². The fraction of sp³-hybridized carbons (Fsp3) is 0.261. The first-order valence-corrected chi connectivity index (χ1v) is 14.7. The minimum absolute atomic E-state index is 0.153. The maximum atomic E-state index is 12.9. The molecule has 0 aromatic carbocycles. The van der Waals surface area contributed by atoms with Crippen LogP contribution in [0.1, 0.15) is 35.3 Å². The molecule has 41 heavy (non-hydrogen) atoms. The molecule has 0 unspecified atom stereocenters. The van der Waals surface area contributed by atoms with E-state index in [2.05, 4.69) is 0 Å². The lowest BCUT2D eigenvalue weighted by atomic mass is 9.93. The number of imide groups is 1. The van der Waals surface area contributed by atoms with Gasteiger partial charge in [0, 0.05) is 35.4 Å². The lowest BCUT2D eigenvalue weighted by Gasteiger charge is -2.28. The van der Waals surface area contributed by atoms with Crippen molar-refractivity contribution in [2.24, 2.45) is 11.5 Å². The first-order chi connectivity index (χ1) is 18.9. The summed E-state index contributed by atoms with van der Waals surface area (Å²) in [5, 5.41) is 10.3. The smallest absolute Gasteiger partial charge is 0.269 e. The fourth-order valence-corrected chi connectivity index (χ4v) is 5.34. The molecular formula is C23H26N4O12S2. The van der Waals surface area contributed by atoms with Crippen molar-refractivity contribution in [3.63, 3.8) is 0 Å². The zero-order valence-corrected chi connectivity index (χ0v) is 23.2. The molecule has 1 aromatic heterocycles. The summed E-state index contributed by atoms with van der Waals surface area (Å²) < 4.78 is 65.7. The van der Waals surface area contributed by atoms with Gasteiger partial charge in [-0.2, -0.15) is 16.8 Å². The highest BCUT2D eigenvalue weighted by molar-refractivity contribution is 7.86. The van der Waals surface area contributed by atoms with E-state index in [1.807, 2.05) is 0 Å². The summed E-state index contributed by atoms with van der Waals surface area (Å²) in [6.45, 7) is 2.48. The average molecular weight is 615 g/mol. The average Bonchev–Trinajstić information content (AvgIpc) is 2.80. The topological polar surface area (TPSA) is 275 Å². The van der Waals surface area contributed by atoms with Crippen LogP contribution in [0.5, 0.6) is 5.88 Å². The second kappa shape index (κ2) is 12.4. The largest absolute Gasteiger partial charge is 0.494 e. The number of aromatic hydroxyl groups is 1. The summed E-state index contributed by atoms with van der Waals surface area (Å²) in [5.74, 6) is -8.22. The van der Waals surface area contributed by atoms with Crippen LogP contribution >= 0.6 is 0 Å². The highest BCUT2D eigenvalue weighted by Crippen LogP contribution is 2.27. The Morgan fingerprint density at radius 3 is 1.90 bits per heavy atom. The van der Waals surface area contributed by atoms with Gasteiger partial charge in [0.1, 0.15) is 22.6 Å². The molecule has 222 valence electrons. The summed E-state index contributed by atoms with van der Waals surface area (Å²) in [5.41, 5.74) is 5.90. The summed E-state index contributed by atoms with van der Waals surface area (Å²) in [6, 6.07) is 0. The van der Waals surface area contributed by atoms with Crippen molar-refractivity contribution in [1.82, 2.24) is 9.47 Å². The second-order valence-electron chi connectivity index (χ2n) is 8.35. The van der Waals surface area contributed by atoms with Crippen LogP contribution in [0.3, 0.4) is 0 Å². The predicted molar refractivity (Wildman–Crippen MR) is 143 cm³/mol. The Balaban J connectivity index is 2.73. The molecule has 2 heterocycles. The number of carbonyl (C=O) groups excluding carboxylic acids is 4. The quantitative estimate of drug-likeness (QED) is 0.0634. The van der Waals surface area contributed by atoms with Gasteiger partial charge in [0.2, 0.25) is 5.88 Å². The van der Waals surface area contributed by atoms with Gasteiger partial charge in [0.25, 0.3) is 49.4 Å². The van der Waals surface area contributed by atoms with E-state index in [-0.39, 0.29) is 13.1 Å². The fourth-order valence-electron chi connectivity index (χ4n) is 4.01. The number of nitrogens with zero attached hydrogens (tertiary/aromatic N) is 2. The minimum atomic E-state index is -4.84. The van der Waals surface area contributed by atoms with Crippen molar-refractivity contribution in [2.75, 3.05) is 12.3 Å². The van der Waals surface area contributed by atoms with E-state index in [0.29, 0.717) is 4.90 Å². The lowest BCUT2D eigenvalue weighted by molar-refractivity contribution is -0.141. The Morgan fingerprint density at radius 1 is 0.854 bits per heavy atom. The van der Waals surface area contributed by atoms with Gasteiger partial charge in [0.05, 0.1) is 0 Å². The number of hydrogen-bond donors (Lipinski definition) is 5. The van der Waals surface area contributed by atoms with Crippen molar-refractivity contribution in [3.05, 3.63) is 68.1 Å². The number of primary amides is 2. The summed E-state index contributed by atoms with van der Waals surface area (Å²) >= 11 is 0. The van der Waals surface area contributed by atoms with Crippen molar-refractivity contribution >= 4 is 49.9 Å². The molecule has 0 aliphatic carbocycles. The molecule has 0 spiro atoms. The molecule has 0 bridgehead atoms. The summed E-state index contributed by atoms with van der Waals surface area (Å²) in [7, 11) is -9.66. The van der Waals surface area contributed by atoms with E-state index >= 15 is 0 Å². The molecule has 4 amide bonds. The van der Waals surface area contributed by atoms with Gasteiger partial charge in [-0.05, 0) is 26.0 Å². The Hall–Kier alpha value is -4.39. The third kappa shape index (κ3) is 7.42. The predicted octanol–water partition coefficient (Wildman–Crippen LogP) is -1.39. The maximum Gasteiger partial charge on any atom is 0.269 e. The van der Waals surface area contributed by atoms with Crippen LogP contribution < -0.4 is 17.0 Å². The van der Waals surface area contributed by atoms with Crippen molar-refractivity contribution < 1.29 is 50.2 Å². The summed E-state index contributed by atoms with van der Waals surface area (Å²) in [4.78, 5) is 62.9. The number of pyridine rings is 1. The first-order valence-electron chi connectivity index (χ1n) is 11.5. The standard InChI is InChI=1S/C23H26N4O12S2/c1-3-26-20(30)12(14(10-40(34,35)36)16(18(24)28)22(26)32)8-6-5-7-9-13-15(11-41(37,38)39)17(19(25)29)23(33)27(4-2)21(13)31/h5-9,32H,3-4,10-11H2,1-2H3,(H2,24,28)(H2,25,29)(H,34,35,36)(H,37,38,39). The van der Waals surface area contributed by atoms with E-state index in [1.165, 1.54) is 13.8 Å². The van der Waals surface area contributed by atoms with Crippen molar-refractivity contribution in [1.29, 1.82) is 0 Å². The molecule has 0 saturated heterocycles. The van der Waals surface area contributed by atoms with E-state index < -0.39 is 100 Å². The molecule has 16 nitrogen and oxygen atoms in total. The van der Waals surface area contributed by atoms with E-state index in [4.69, 9.17) is 11.5 Å². The molecule has 0 radical (unpaired) electrons. The van der Waals surface area contributed by atoms with Crippen LogP contribution in [0.2, 0.25) is 0 Å². The minimum Gasteiger partial charge on any atom is -0.494 e. The highest BCUT2D eigenvalue weighted by Gasteiger charge is 2.39. The number of hydrogen-bond acceptors (Lipinski definition) is 10. The third-order valence-electron chi connectivity index (χ3n) is 5.67. The zero-order chi connectivity index (χ0) is 31.4. The lowest BCUT2D eigenvalue weighted by Crippen LogP contribution is -2.46. The van der Waals surface area contributed by atoms with Crippen LogP contribution in [0.4, 0.5) is 0 Å². The molecule has 1 aliphatic heterocycles. The van der Waals surface area contributed by atoms with E-state index in [1.54, 1.807) is 0 Å². The second-order valence-corrected chi connectivity index (χ2v) is 11.3. The SMILES string of the molecule is CCN1C(=O)C(=CC=CC=Cc2c(CS(=O)(=O)O)c(C(N)=O)c(O)n(CC)c2=O)C(CS(=O)(=O)O)=C(C(N)=O)C1=O.